The van der Waals surface area contributed by atoms with Gasteiger partial charge >= 0.3 is 5.97 Å². The van der Waals surface area contributed by atoms with Gasteiger partial charge < -0.3 is 15.2 Å². The highest BCUT2D eigenvalue weighted by Crippen LogP contribution is 2.15. The lowest BCUT2D eigenvalue weighted by atomic mass is 10.1. The number of nitrogens with one attached hydrogen (secondary N) is 1. The number of aromatic nitrogens is 1. The van der Waals surface area contributed by atoms with Gasteiger partial charge in [0.05, 0.1) is 7.11 Å². The molecule has 0 amide bonds. The van der Waals surface area contributed by atoms with Crippen LogP contribution in [0.2, 0.25) is 0 Å². The molecule has 0 aliphatic carbocycles. The zero-order valence-corrected chi connectivity index (χ0v) is 12.0. The zero-order valence-electron chi connectivity index (χ0n) is 12.0. The number of methoxy groups -OCH3 is 1. The quantitative estimate of drug-likeness (QED) is 0.854. The molecular formula is C16H18N2O3. The van der Waals surface area contributed by atoms with Crippen LogP contribution in [-0.2, 0) is 6.42 Å². The lowest BCUT2D eigenvalue weighted by Crippen LogP contribution is -2.19. The van der Waals surface area contributed by atoms with Gasteiger partial charge in [0.2, 0.25) is 0 Å². The van der Waals surface area contributed by atoms with Gasteiger partial charge in [-0.15, -0.1) is 0 Å². The molecule has 1 aromatic heterocycles. The van der Waals surface area contributed by atoms with Gasteiger partial charge in [-0.05, 0) is 43.2 Å². The first-order valence-electron chi connectivity index (χ1n) is 6.68. The minimum Gasteiger partial charge on any atom is -0.497 e. The minimum absolute atomic E-state index is 0.0357. The number of aromatic carboxylic acids is 1. The number of hydrogen-bond donors (Lipinski definition) is 2. The molecule has 5 nitrogen and oxygen atoms in total. The van der Waals surface area contributed by atoms with Crippen LogP contribution in [0.25, 0.3) is 0 Å². The van der Waals surface area contributed by atoms with E-state index in [0.717, 1.165) is 17.7 Å². The Labute approximate surface area is 123 Å². The molecule has 0 radical (unpaired) electrons. The molecule has 21 heavy (non-hydrogen) atoms. The highest BCUT2D eigenvalue weighted by Gasteiger charge is 2.08. The van der Waals surface area contributed by atoms with Crippen LogP contribution in [0.1, 0.15) is 23.0 Å². The topological polar surface area (TPSA) is 71.5 Å². The fraction of sp³-hybridized carbons (Fsp3) is 0.250. The van der Waals surface area contributed by atoms with Crippen LogP contribution in [0.5, 0.6) is 5.75 Å². The van der Waals surface area contributed by atoms with E-state index in [1.165, 1.54) is 6.07 Å². The van der Waals surface area contributed by atoms with Gasteiger partial charge in [0.1, 0.15) is 11.6 Å². The Hall–Kier alpha value is -2.56. The normalized spacial score (nSPS) is 11.7. The first-order chi connectivity index (χ1) is 10.1. The van der Waals surface area contributed by atoms with Crippen molar-refractivity contribution in [3.05, 3.63) is 53.7 Å². The summed E-state index contributed by atoms with van der Waals surface area (Å²) >= 11 is 0. The van der Waals surface area contributed by atoms with Gasteiger partial charge in [0.25, 0.3) is 0 Å². The van der Waals surface area contributed by atoms with Crippen LogP contribution in [0.3, 0.4) is 0 Å². The van der Waals surface area contributed by atoms with Crippen molar-refractivity contribution in [3.63, 3.8) is 0 Å². The molecule has 0 fully saturated rings. The number of carboxylic acids is 1. The summed E-state index contributed by atoms with van der Waals surface area (Å²) in [5.41, 5.74) is 1.18. The predicted octanol–water partition coefficient (Wildman–Crippen LogP) is 2.83. The lowest BCUT2D eigenvalue weighted by Gasteiger charge is -2.15. The van der Waals surface area contributed by atoms with Gasteiger partial charge in [0.15, 0.2) is 5.69 Å². The molecule has 0 saturated heterocycles. The maximum absolute atomic E-state index is 10.9. The van der Waals surface area contributed by atoms with Crippen LogP contribution in [0.4, 0.5) is 5.82 Å². The first kappa shape index (κ1) is 14.8. The van der Waals surface area contributed by atoms with E-state index in [0.29, 0.717) is 5.82 Å². The third-order valence-electron chi connectivity index (χ3n) is 3.04. The maximum Gasteiger partial charge on any atom is 0.354 e. The van der Waals surface area contributed by atoms with Crippen molar-refractivity contribution >= 4 is 11.8 Å². The zero-order chi connectivity index (χ0) is 15.2. The second kappa shape index (κ2) is 6.74. The van der Waals surface area contributed by atoms with E-state index in [1.807, 2.05) is 31.2 Å². The molecule has 1 unspecified atom stereocenters. The molecule has 1 atom stereocenters. The van der Waals surface area contributed by atoms with Gasteiger partial charge in [-0.2, -0.15) is 0 Å². The number of rotatable bonds is 6. The summed E-state index contributed by atoms with van der Waals surface area (Å²) in [5, 5.41) is 12.1. The van der Waals surface area contributed by atoms with E-state index in [1.54, 1.807) is 19.2 Å². The molecule has 0 aliphatic rings. The highest BCUT2D eigenvalue weighted by molar-refractivity contribution is 5.85. The van der Waals surface area contributed by atoms with Crippen molar-refractivity contribution in [2.24, 2.45) is 0 Å². The van der Waals surface area contributed by atoms with Gasteiger partial charge in [-0.3, -0.25) is 0 Å². The van der Waals surface area contributed by atoms with Gasteiger partial charge in [-0.25, -0.2) is 9.78 Å². The highest BCUT2D eigenvalue weighted by atomic mass is 16.5. The molecule has 2 rings (SSSR count). The van der Waals surface area contributed by atoms with Crippen LogP contribution in [-0.4, -0.2) is 29.2 Å². The smallest absolute Gasteiger partial charge is 0.354 e. The number of carboxylic acid groups (broad SMARTS) is 1. The van der Waals surface area contributed by atoms with Crippen molar-refractivity contribution in [3.8, 4) is 5.75 Å². The van der Waals surface area contributed by atoms with Crippen molar-refractivity contribution < 1.29 is 14.6 Å². The predicted molar refractivity (Wildman–Crippen MR) is 81.0 cm³/mol. The van der Waals surface area contributed by atoms with Crippen molar-refractivity contribution in [2.45, 2.75) is 19.4 Å². The monoisotopic (exact) mass is 286 g/mol. The van der Waals surface area contributed by atoms with Crippen molar-refractivity contribution in [1.82, 2.24) is 4.98 Å². The molecule has 2 aromatic rings. The Kier molecular flexibility index (Phi) is 4.77. The van der Waals surface area contributed by atoms with Crippen LogP contribution >= 0.6 is 0 Å². The molecule has 110 valence electrons. The SMILES string of the molecule is COc1cccc(CC(C)Nc2cccc(C(=O)O)n2)c1. The average Bonchev–Trinajstić information content (AvgIpc) is 2.47. The minimum atomic E-state index is -1.03. The number of nitrogens with zero attached hydrogens (tertiary/aromatic N) is 1. The van der Waals surface area contributed by atoms with Crippen molar-refractivity contribution in [2.75, 3.05) is 12.4 Å². The number of carbonyl (C=O) groups is 1. The van der Waals surface area contributed by atoms with Crippen molar-refractivity contribution in [1.29, 1.82) is 0 Å². The molecule has 0 bridgehead atoms. The standard InChI is InChI=1S/C16H18N2O3/c1-11(9-12-5-3-6-13(10-12)21-2)17-15-8-4-7-14(18-15)16(19)20/h3-8,10-11H,9H2,1-2H3,(H,17,18)(H,19,20). The summed E-state index contributed by atoms with van der Waals surface area (Å²) < 4.78 is 5.20. The van der Waals surface area contributed by atoms with Crippen LogP contribution in [0.15, 0.2) is 42.5 Å². The van der Waals surface area contributed by atoms with E-state index in [9.17, 15) is 4.79 Å². The van der Waals surface area contributed by atoms with Gasteiger partial charge in [0, 0.05) is 6.04 Å². The first-order valence-corrected chi connectivity index (χ1v) is 6.68. The second-order valence-electron chi connectivity index (χ2n) is 4.81. The van der Waals surface area contributed by atoms with Gasteiger partial charge in [-0.1, -0.05) is 18.2 Å². The number of pyridine rings is 1. The molecule has 0 aliphatic heterocycles. The largest absolute Gasteiger partial charge is 0.497 e. The van der Waals surface area contributed by atoms with E-state index >= 15 is 0 Å². The van der Waals surface area contributed by atoms with E-state index in [2.05, 4.69) is 10.3 Å². The Balaban J connectivity index is 2.02. The van der Waals surface area contributed by atoms with E-state index < -0.39 is 5.97 Å². The third kappa shape index (κ3) is 4.21. The summed E-state index contributed by atoms with van der Waals surface area (Å²) in [4.78, 5) is 14.9. The molecule has 0 spiro atoms. The summed E-state index contributed by atoms with van der Waals surface area (Å²) in [6.45, 7) is 2.02. The number of anilines is 1. The maximum atomic E-state index is 10.9. The Morgan fingerprint density at radius 2 is 2.10 bits per heavy atom. The molecule has 2 N–H and O–H groups in total. The summed E-state index contributed by atoms with van der Waals surface area (Å²) in [7, 11) is 1.64. The van der Waals surface area contributed by atoms with Crippen LogP contribution in [0, 0.1) is 0 Å². The van der Waals surface area contributed by atoms with E-state index in [-0.39, 0.29) is 11.7 Å². The number of ether oxygens (including phenoxy) is 1. The fourth-order valence-electron chi connectivity index (χ4n) is 2.09. The Morgan fingerprint density at radius 1 is 1.33 bits per heavy atom. The molecule has 1 heterocycles. The fourth-order valence-corrected chi connectivity index (χ4v) is 2.09. The third-order valence-corrected chi connectivity index (χ3v) is 3.04. The number of benzene rings is 1. The Bertz CT molecular complexity index is 628. The molecule has 5 heteroatoms. The van der Waals surface area contributed by atoms with Crippen LogP contribution < -0.4 is 10.1 Å². The molecule has 1 aromatic carbocycles. The lowest BCUT2D eigenvalue weighted by molar-refractivity contribution is 0.0690. The summed E-state index contributed by atoms with van der Waals surface area (Å²) in [5.74, 6) is 0.357. The molecular weight excluding hydrogens is 268 g/mol. The Morgan fingerprint density at radius 3 is 2.81 bits per heavy atom. The summed E-state index contributed by atoms with van der Waals surface area (Å²) in [6, 6.07) is 12.9. The van der Waals surface area contributed by atoms with E-state index in [4.69, 9.17) is 9.84 Å². The molecule has 0 saturated carbocycles. The second-order valence-corrected chi connectivity index (χ2v) is 4.81. The average molecular weight is 286 g/mol. The number of hydrogen-bond acceptors (Lipinski definition) is 4. The summed E-state index contributed by atoms with van der Waals surface area (Å²) in [6.07, 6.45) is 0.788.